The summed E-state index contributed by atoms with van der Waals surface area (Å²) in [5.74, 6) is 0.459. The zero-order valence-electron chi connectivity index (χ0n) is 22.8. The molecule has 9 heteroatoms. The van der Waals surface area contributed by atoms with Crippen LogP contribution in [-0.4, -0.2) is 77.3 Å². The van der Waals surface area contributed by atoms with Gasteiger partial charge in [-0.25, -0.2) is 5.10 Å². The van der Waals surface area contributed by atoms with Crippen molar-refractivity contribution in [2.24, 2.45) is 5.41 Å². The van der Waals surface area contributed by atoms with Crippen molar-refractivity contribution < 1.29 is 19.1 Å². The Kier molecular flexibility index (Phi) is 7.56. The highest BCUT2D eigenvalue weighted by molar-refractivity contribution is 6.04. The molecule has 1 atom stereocenters. The molecule has 40 heavy (non-hydrogen) atoms. The SMILES string of the molecule is O=C(c1n[nH]c(=O)c2ccccc12)N1CCC2(CCCCOC[C@@H]3CCCN3C(=O)c3ccccc3OC2)CC1. The second kappa shape index (κ2) is 11.4. The first-order valence-electron chi connectivity index (χ1n) is 14.4. The van der Waals surface area contributed by atoms with Crippen LogP contribution in [0.4, 0.5) is 0 Å². The summed E-state index contributed by atoms with van der Waals surface area (Å²) in [5.41, 5.74) is 0.460. The van der Waals surface area contributed by atoms with E-state index in [1.165, 1.54) is 0 Å². The largest absolute Gasteiger partial charge is 0.492 e. The molecule has 3 aromatic rings. The molecule has 0 saturated carbocycles. The molecule has 0 bridgehead atoms. The molecule has 0 aliphatic carbocycles. The molecule has 2 amide bonds. The third kappa shape index (κ3) is 5.22. The highest BCUT2D eigenvalue weighted by atomic mass is 16.5. The van der Waals surface area contributed by atoms with Crippen molar-refractivity contribution in [1.82, 2.24) is 20.0 Å². The number of hydrogen-bond donors (Lipinski definition) is 1. The monoisotopic (exact) mass is 544 g/mol. The van der Waals surface area contributed by atoms with Gasteiger partial charge in [-0.1, -0.05) is 36.8 Å². The number of fused-ring (bicyclic) bond motifs is 3. The highest BCUT2D eigenvalue weighted by Crippen LogP contribution is 2.39. The van der Waals surface area contributed by atoms with Crippen LogP contribution in [-0.2, 0) is 4.74 Å². The summed E-state index contributed by atoms with van der Waals surface area (Å²) in [6, 6.07) is 14.7. The maximum absolute atomic E-state index is 13.5. The predicted octanol–water partition coefficient (Wildman–Crippen LogP) is 4.03. The van der Waals surface area contributed by atoms with E-state index in [9.17, 15) is 14.4 Å². The number of ether oxygens (including phenoxy) is 2. The minimum absolute atomic E-state index is 0.00820. The Hall–Kier alpha value is -3.72. The van der Waals surface area contributed by atoms with Crippen molar-refractivity contribution >= 4 is 22.6 Å². The molecule has 0 unspecified atom stereocenters. The van der Waals surface area contributed by atoms with E-state index in [0.717, 1.165) is 51.5 Å². The van der Waals surface area contributed by atoms with Gasteiger partial charge in [0.15, 0.2) is 5.69 Å². The van der Waals surface area contributed by atoms with Gasteiger partial charge in [0.25, 0.3) is 17.4 Å². The molecule has 6 rings (SSSR count). The normalized spacial score (nSPS) is 21.9. The van der Waals surface area contributed by atoms with Gasteiger partial charge in [0.05, 0.1) is 30.2 Å². The Morgan fingerprint density at radius 3 is 2.55 bits per heavy atom. The fourth-order valence-electron chi connectivity index (χ4n) is 6.43. The van der Waals surface area contributed by atoms with E-state index in [1.54, 1.807) is 18.2 Å². The number of carbonyl (C=O) groups is 2. The second-order valence-corrected chi connectivity index (χ2v) is 11.4. The number of hydrogen-bond acceptors (Lipinski definition) is 6. The molecule has 1 aromatic heterocycles. The predicted molar refractivity (Wildman–Crippen MR) is 151 cm³/mol. The van der Waals surface area contributed by atoms with E-state index in [4.69, 9.17) is 9.47 Å². The average Bonchev–Trinajstić information content (AvgIpc) is 3.46. The van der Waals surface area contributed by atoms with Crippen molar-refractivity contribution in [2.75, 3.05) is 39.5 Å². The molecule has 9 nitrogen and oxygen atoms in total. The van der Waals surface area contributed by atoms with E-state index in [2.05, 4.69) is 10.2 Å². The summed E-state index contributed by atoms with van der Waals surface area (Å²) in [7, 11) is 0. The number of H-pyrrole nitrogens is 1. The zero-order valence-corrected chi connectivity index (χ0v) is 22.8. The standard InChI is InChI=1S/C31H36N4O5/c36-28-24-10-2-1-9-23(24)27(32-33-28)30(38)34-17-14-31(15-18-34)13-5-6-19-39-20-22-8-7-16-35(22)29(37)25-11-3-4-12-26(25)40-21-31/h1-4,9-12,22H,5-8,13-21H2,(H,33,36)/t22-/m0/s1. The first-order chi connectivity index (χ1) is 19.5. The van der Waals surface area contributed by atoms with Crippen LogP contribution in [0.5, 0.6) is 5.75 Å². The lowest BCUT2D eigenvalue weighted by Gasteiger charge is -2.42. The maximum Gasteiger partial charge on any atom is 0.274 e. The van der Waals surface area contributed by atoms with Crippen molar-refractivity contribution in [3.8, 4) is 5.75 Å². The molecule has 4 heterocycles. The summed E-state index contributed by atoms with van der Waals surface area (Å²) in [4.78, 5) is 43.0. The lowest BCUT2D eigenvalue weighted by atomic mass is 9.75. The van der Waals surface area contributed by atoms with E-state index < -0.39 is 0 Å². The first-order valence-corrected chi connectivity index (χ1v) is 14.4. The van der Waals surface area contributed by atoms with E-state index in [0.29, 0.717) is 55.0 Å². The minimum Gasteiger partial charge on any atom is -0.492 e. The molecule has 2 fully saturated rings. The van der Waals surface area contributed by atoms with Gasteiger partial charge >= 0.3 is 0 Å². The number of likely N-dealkylation sites (tertiary alicyclic amines) is 1. The van der Waals surface area contributed by atoms with Crippen LogP contribution in [0.25, 0.3) is 10.8 Å². The third-order valence-electron chi connectivity index (χ3n) is 8.86. The fraction of sp³-hybridized carbons (Fsp3) is 0.484. The smallest absolute Gasteiger partial charge is 0.274 e. The van der Waals surface area contributed by atoms with Crippen molar-refractivity contribution in [1.29, 1.82) is 0 Å². The summed E-state index contributed by atoms with van der Waals surface area (Å²) in [6.07, 6.45) is 6.45. The van der Waals surface area contributed by atoms with Crippen LogP contribution >= 0.6 is 0 Å². The maximum atomic E-state index is 13.5. The van der Waals surface area contributed by atoms with Gasteiger partial charge in [-0.15, -0.1) is 0 Å². The molecule has 1 spiro atoms. The van der Waals surface area contributed by atoms with Gasteiger partial charge in [0.1, 0.15) is 5.75 Å². The minimum atomic E-state index is -0.301. The van der Waals surface area contributed by atoms with Gasteiger partial charge in [-0.05, 0) is 56.7 Å². The molecule has 3 aliphatic rings. The number of nitrogens with zero attached hydrogens (tertiary/aromatic N) is 3. The number of nitrogens with one attached hydrogen (secondary N) is 1. The number of amides is 2. The number of rotatable bonds is 1. The molecular weight excluding hydrogens is 508 g/mol. The number of benzene rings is 2. The molecule has 2 aromatic carbocycles. The first kappa shape index (κ1) is 26.5. The van der Waals surface area contributed by atoms with Crippen molar-refractivity contribution in [3.63, 3.8) is 0 Å². The number of aromatic nitrogens is 2. The average molecular weight is 545 g/mol. The van der Waals surface area contributed by atoms with Gasteiger partial charge in [-0.3, -0.25) is 14.4 Å². The number of carbonyl (C=O) groups excluding carboxylic acids is 2. The summed E-state index contributed by atoms with van der Waals surface area (Å²) < 4.78 is 12.5. The van der Waals surface area contributed by atoms with E-state index in [1.807, 2.05) is 40.1 Å². The topological polar surface area (TPSA) is 105 Å². The van der Waals surface area contributed by atoms with E-state index in [-0.39, 0.29) is 34.5 Å². The lowest BCUT2D eigenvalue weighted by Crippen LogP contribution is -2.46. The van der Waals surface area contributed by atoms with Gasteiger partial charge in [0, 0.05) is 37.0 Å². The summed E-state index contributed by atoms with van der Waals surface area (Å²) in [5, 5.41) is 7.63. The van der Waals surface area contributed by atoms with Crippen LogP contribution in [0.3, 0.4) is 0 Å². The quantitative estimate of drug-likeness (QED) is 0.496. The summed E-state index contributed by atoms with van der Waals surface area (Å²) in [6.45, 7) is 3.64. The van der Waals surface area contributed by atoms with Crippen LogP contribution in [0.1, 0.15) is 65.8 Å². The number of para-hydroxylation sites is 1. The Morgan fingerprint density at radius 1 is 0.925 bits per heavy atom. The van der Waals surface area contributed by atoms with Crippen LogP contribution in [0.15, 0.2) is 53.3 Å². The number of piperidine rings is 1. The Balaban J connectivity index is 1.20. The van der Waals surface area contributed by atoms with Gasteiger partial charge < -0.3 is 19.3 Å². The zero-order chi connectivity index (χ0) is 27.5. The highest BCUT2D eigenvalue weighted by Gasteiger charge is 2.38. The summed E-state index contributed by atoms with van der Waals surface area (Å²) >= 11 is 0. The third-order valence-corrected chi connectivity index (χ3v) is 8.86. The van der Waals surface area contributed by atoms with Crippen LogP contribution in [0, 0.1) is 5.41 Å². The Morgan fingerprint density at radius 2 is 1.70 bits per heavy atom. The molecule has 210 valence electrons. The van der Waals surface area contributed by atoms with Gasteiger partial charge in [0.2, 0.25) is 0 Å². The van der Waals surface area contributed by atoms with Crippen LogP contribution in [0.2, 0.25) is 0 Å². The fourth-order valence-corrected chi connectivity index (χ4v) is 6.43. The van der Waals surface area contributed by atoms with Crippen LogP contribution < -0.4 is 10.3 Å². The molecule has 2 saturated heterocycles. The lowest BCUT2D eigenvalue weighted by molar-refractivity contribution is 0.0301. The van der Waals surface area contributed by atoms with E-state index >= 15 is 0 Å². The van der Waals surface area contributed by atoms with Crippen molar-refractivity contribution in [2.45, 2.75) is 51.0 Å². The molecule has 3 aliphatic heterocycles. The second-order valence-electron chi connectivity index (χ2n) is 11.4. The van der Waals surface area contributed by atoms with Crippen molar-refractivity contribution in [3.05, 3.63) is 70.1 Å². The van der Waals surface area contributed by atoms with Gasteiger partial charge in [-0.2, -0.15) is 5.10 Å². The Labute approximate surface area is 233 Å². The molecule has 1 N–H and O–H groups in total. The molecule has 0 radical (unpaired) electrons. The Bertz CT molecular complexity index is 1440. The molecular formula is C31H36N4O5. The number of aromatic amines is 1.